The van der Waals surface area contributed by atoms with Crippen LogP contribution in [0.25, 0.3) is 0 Å². The molecule has 29 heavy (non-hydrogen) atoms. The molecule has 0 amide bonds. The van der Waals surface area contributed by atoms with Crippen molar-refractivity contribution in [2.45, 2.75) is 69.5 Å². The van der Waals surface area contributed by atoms with Gasteiger partial charge in [0.25, 0.3) is 0 Å². The molecular formula is C22H29N2NaO3S. The molecule has 5 nitrogen and oxygen atoms in total. The van der Waals surface area contributed by atoms with E-state index in [9.17, 15) is 13.0 Å². The van der Waals surface area contributed by atoms with Gasteiger partial charge in [0.05, 0.1) is 22.4 Å². The van der Waals surface area contributed by atoms with Gasteiger partial charge in [-0.15, -0.1) is 0 Å². The van der Waals surface area contributed by atoms with Crippen LogP contribution in [-0.4, -0.2) is 19.1 Å². The van der Waals surface area contributed by atoms with Crippen molar-refractivity contribution >= 4 is 21.5 Å². The SMILES string of the molecule is CCCCCCCCC1Nc2cccc(S(=O)(=O)[O-])c2N1Cc1ccccc1.[Na+]. The minimum Gasteiger partial charge on any atom is -0.744 e. The van der Waals surface area contributed by atoms with Crippen molar-refractivity contribution < 1.29 is 42.5 Å². The summed E-state index contributed by atoms with van der Waals surface area (Å²) >= 11 is 0. The van der Waals surface area contributed by atoms with E-state index >= 15 is 0 Å². The summed E-state index contributed by atoms with van der Waals surface area (Å²) in [6.07, 6.45) is 8.14. The molecule has 0 saturated carbocycles. The van der Waals surface area contributed by atoms with Gasteiger partial charge in [-0.25, -0.2) is 8.42 Å². The van der Waals surface area contributed by atoms with Crippen molar-refractivity contribution in [3.8, 4) is 0 Å². The molecule has 0 aliphatic carbocycles. The second kappa shape index (κ2) is 11.4. The van der Waals surface area contributed by atoms with E-state index in [1.807, 2.05) is 41.3 Å². The maximum Gasteiger partial charge on any atom is 1.00 e. The number of unbranched alkanes of at least 4 members (excludes halogenated alkanes) is 5. The Labute approximate surface area is 196 Å². The third kappa shape index (κ3) is 6.46. The van der Waals surface area contributed by atoms with Crippen molar-refractivity contribution in [3.05, 3.63) is 54.1 Å². The molecule has 2 aromatic rings. The molecule has 3 rings (SSSR count). The van der Waals surface area contributed by atoms with Crippen molar-refractivity contribution in [3.63, 3.8) is 0 Å². The van der Waals surface area contributed by atoms with Crippen LogP contribution in [0, 0.1) is 0 Å². The van der Waals surface area contributed by atoms with Crippen molar-refractivity contribution in [1.29, 1.82) is 0 Å². The number of benzene rings is 2. The second-order valence-electron chi connectivity index (χ2n) is 7.44. The predicted molar refractivity (Wildman–Crippen MR) is 112 cm³/mol. The topological polar surface area (TPSA) is 72.5 Å². The number of rotatable bonds is 10. The summed E-state index contributed by atoms with van der Waals surface area (Å²) in [5.74, 6) is 0. The average molecular weight is 425 g/mol. The Morgan fingerprint density at radius 2 is 1.66 bits per heavy atom. The van der Waals surface area contributed by atoms with Gasteiger partial charge < -0.3 is 14.8 Å². The van der Waals surface area contributed by atoms with Crippen molar-refractivity contribution in [2.75, 3.05) is 10.2 Å². The van der Waals surface area contributed by atoms with E-state index in [1.165, 1.54) is 38.2 Å². The Hall–Kier alpha value is -1.05. The van der Waals surface area contributed by atoms with Gasteiger partial charge >= 0.3 is 29.6 Å². The monoisotopic (exact) mass is 424 g/mol. The number of para-hydroxylation sites is 1. The molecule has 1 N–H and O–H groups in total. The van der Waals surface area contributed by atoms with Crippen molar-refractivity contribution in [2.24, 2.45) is 0 Å². The van der Waals surface area contributed by atoms with E-state index in [1.54, 1.807) is 6.07 Å². The molecule has 1 heterocycles. The molecule has 1 aliphatic rings. The number of fused-ring (bicyclic) bond motifs is 1. The van der Waals surface area contributed by atoms with Gasteiger partial charge in [-0.3, -0.25) is 0 Å². The summed E-state index contributed by atoms with van der Waals surface area (Å²) in [7, 11) is -4.54. The van der Waals surface area contributed by atoms with Crippen LogP contribution in [0.15, 0.2) is 53.4 Å². The zero-order valence-corrected chi connectivity index (χ0v) is 20.2. The summed E-state index contributed by atoms with van der Waals surface area (Å²) in [5, 5.41) is 3.44. The van der Waals surface area contributed by atoms with Crippen LogP contribution in [-0.2, 0) is 16.7 Å². The quantitative estimate of drug-likeness (QED) is 0.359. The van der Waals surface area contributed by atoms with Gasteiger partial charge in [0.1, 0.15) is 10.1 Å². The van der Waals surface area contributed by atoms with Gasteiger partial charge in [0, 0.05) is 6.54 Å². The first kappa shape index (κ1) is 24.2. The van der Waals surface area contributed by atoms with Crippen LogP contribution in [0.3, 0.4) is 0 Å². The van der Waals surface area contributed by atoms with Crippen molar-refractivity contribution in [1.82, 2.24) is 0 Å². The molecule has 0 saturated heterocycles. The normalized spacial score (nSPS) is 15.5. The Morgan fingerprint density at radius 1 is 0.966 bits per heavy atom. The average Bonchev–Trinajstić information content (AvgIpc) is 3.02. The Kier molecular flexibility index (Phi) is 9.50. The molecule has 0 aromatic heterocycles. The van der Waals surface area contributed by atoms with Crippen LogP contribution in [0.1, 0.15) is 57.4 Å². The maximum atomic E-state index is 11.8. The minimum absolute atomic E-state index is 0. The molecule has 0 fully saturated rings. The van der Waals surface area contributed by atoms with Gasteiger partial charge in [-0.2, -0.15) is 0 Å². The molecule has 2 aromatic carbocycles. The van der Waals surface area contributed by atoms with E-state index in [-0.39, 0.29) is 40.6 Å². The summed E-state index contributed by atoms with van der Waals surface area (Å²) in [6.45, 7) is 2.77. The molecule has 1 atom stereocenters. The van der Waals surface area contributed by atoms with Crippen LogP contribution in [0.5, 0.6) is 0 Å². The Morgan fingerprint density at radius 3 is 2.34 bits per heavy atom. The third-order valence-electron chi connectivity index (χ3n) is 5.28. The summed E-state index contributed by atoms with van der Waals surface area (Å²) < 4.78 is 35.5. The first-order chi connectivity index (χ1) is 13.5. The first-order valence-corrected chi connectivity index (χ1v) is 11.6. The van der Waals surface area contributed by atoms with E-state index < -0.39 is 10.1 Å². The molecule has 0 radical (unpaired) electrons. The van der Waals surface area contributed by atoms with Gasteiger partial charge in [0.2, 0.25) is 0 Å². The van der Waals surface area contributed by atoms with Crippen LogP contribution < -0.4 is 39.8 Å². The van der Waals surface area contributed by atoms with E-state index in [2.05, 4.69) is 12.2 Å². The Bertz CT molecular complexity index is 875. The van der Waals surface area contributed by atoms with Gasteiger partial charge in [-0.1, -0.05) is 75.4 Å². The summed E-state index contributed by atoms with van der Waals surface area (Å²) in [6, 6.07) is 14.8. The zero-order chi connectivity index (χ0) is 20.0. The molecule has 152 valence electrons. The van der Waals surface area contributed by atoms with Crippen LogP contribution in [0.2, 0.25) is 0 Å². The number of nitrogens with one attached hydrogen (secondary N) is 1. The smallest absolute Gasteiger partial charge is 0.744 e. The summed E-state index contributed by atoms with van der Waals surface area (Å²) in [5.41, 5.74) is 2.32. The fourth-order valence-electron chi connectivity index (χ4n) is 3.87. The first-order valence-electron chi connectivity index (χ1n) is 10.2. The fourth-order valence-corrected chi connectivity index (χ4v) is 4.57. The van der Waals surface area contributed by atoms with Gasteiger partial charge in [0.15, 0.2) is 0 Å². The molecule has 1 aliphatic heterocycles. The predicted octanol–water partition coefficient (Wildman–Crippen LogP) is 2.10. The third-order valence-corrected chi connectivity index (χ3v) is 6.15. The molecular weight excluding hydrogens is 395 g/mol. The fraction of sp³-hybridized carbons (Fsp3) is 0.455. The molecule has 0 bridgehead atoms. The second-order valence-corrected chi connectivity index (χ2v) is 8.78. The van der Waals surface area contributed by atoms with E-state index in [0.29, 0.717) is 12.2 Å². The Balaban J connectivity index is 0.00000300. The van der Waals surface area contributed by atoms with E-state index in [4.69, 9.17) is 0 Å². The van der Waals surface area contributed by atoms with Gasteiger partial charge in [-0.05, 0) is 30.5 Å². The number of anilines is 2. The minimum atomic E-state index is -4.54. The molecule has 7 heteroatoms. The maximum absolute atomic E-state index is 11.8. The number of hydrogen-bond acceptors (Lipinski definition) is 5. The molecule has 0 spiro atoms. The standard InChI is InChI=1S/C22H30N2O3S.Na/c1-2-3-4-5-6-10-16-21-23-19-14-11-15-20(28(25,26)27)22(19)24(21)17-18-12-8-7-9-13-18;/h7-9,11-15,21,23H,2-6,10,16-17H2,1H3,(H,25,26,27);/q;+1/p-1. The summed E-state index contributed by atoms with van der Waals surface area (Å²) in [4.78, 5) is 1.90. The number of hydrogen-bond donors (Lipinski definition) is 1. The van der Waals surface area contributed by atoms with Crippen LogP contribution >= 0.6 is 0 Å². The largest absolute Gasteiger partial charge is 1.00 e. The number of nitrogens with zero attached hydrogens (tertiary/aromatic N) is 1. The van der Waals surface area contributed by atoms with Crippen LogP contribution in [0.4, 0.5) is 11.4 Å². The zero-order valence-electron chi connectivity index (χ0n) is 17.4. The van der Waals surface area contributed by atoms with E-state index in [0.717, 1.165) is 24.1 Å². The molecule has 1 unspecified atom stereocenters.